The summed E-state index contributed by atoms with van der Waals surface area (Å²) in [5.74, 6) is 1.94. The van der Waals surface area contributed by atoms with Crippen LogP contribution >= 0.6 is 0 Å². The minimum Gasteiger partial charge on any atom is -0.415 e. The molecule has 0 N–H and O–H groups in total. The molecule has 12 heteroatoms. The highest BCUT2D eigenvalue weighted by molar-refractivity contribution is 6.95. The molecule has 0 aromatic heterocycles. The molecule has 0 unspecified atom stereocenters. The molecule has 0 spiro atoms. The van der Waals surface area contributed by atoms with Crippen molar-refractivity contribution in [2.75, 3.05) is 52.9 Å². The fourth-order valence-corrected chi connectivity index (χ4v) is 29.5. The molecule has 44 heavy (non-hydrogen) atoms. The zero-order valence-electron chi connectivity index (χ0n) is 30.9. The Morgan fingerprint density at radius 2 is 0.545 bits per heavy atom. The number of hydrogen-bond donors (Lipinski definition) is 0. The lowest BCUT2D eigenvalue weighted by atomic mass is 10.2. The summed E-state index contributed by atoms with van der Waals surface area (Å²) in [6.07, 6.45) is 0. The van der Waals surface area contributed by atoms with Crippen LogP contribution in [0, 0.1) is 23.7 Å². The summed E-state index contributed by atoms with van der Waals surface area (Å²) >= 11 is 0. The Labute approximate surface area is 276 Å². The molecule has 264 valence electrons. The van der Waals surface area contributed by atoms with E-state index in [1.807, 2.05) is 0 Å². The van der Waals surface area contributed by atoms with Crippen LogP contribution in [0.5, 0.6) is 0 Å². The van der Waals surface area contributed by atoms with Crippen molar-refractivity contribution >= 4 is 34.2 Å². The Balaban J connectivity index is 3.57. The summed E-state index contributed by atoms with van der Waals surface area (Å²) in [4.78, 5) is 0. The molecular formula is C32H72O8Si4. The molecule has 0 bridgehead atoms. The molecule has 1 heterocycles. The molecule has 0 saturated carbocycles. The molecule has 1 saturated heterocycles. The summed E-state index contributed by atoms with van der Waals surface area (Å²) in [6, 6.07) is 6.49. The average molecular weight is 697 g/mol. The number of rotatable bonds is 24. The lowest BCUT2D eigenvalue weighted by Gasteiger charge is -2.53. The van der Waals surface area contributed by atoms with Crippen LogP contribution in [-0.4, -0.2) is 87.1 Å². The molecule has 0 atom stereocenters. The standard InChI is InChI=1S/C32H72O8Si4/c1-13-41(21-17-33-25-29(5)6)37-42(14-2,22-18-34-26-30(7)8)39-44(16-4,24-20-36-28-32(11)12)40-43(15-3,38-41)23-19-35-27-31(9)10/h29-32H,13-28H2,1-12H3. The van der Waals surface area contributed by atoms with E-state index in [9.17, 15) is 0 Å². The minimum absolute atomic E-state index is 0.485. The maximum Gasteiger partial charge on any atom is 0.322 e. The maximum atomic E-state index is 7.56. The zero-order chi connectivity index (χ0) is 33.3. The molecular weight excluding hydrogens is 625 g/mol. The van der Waals surface area contributed by atoms with E-state index in [1.54, 1.807) is 0 Å². The van der Waals surface area contributed by atoms with E-state index in [-0.39, 0.29) is 0 Å². The van der Waals surface area contributed by atoms with Gasteiger partial charge >= 0.3 is 34.2 Å². The van der Waals surface area contributed by atoms with Gasteiger partial charge in [0, 0.05) is 77.0 Å². The van der Waals surface area contributed by atoms with E-state index in [1.165, 1.54) is 0 Å². The fraction of sp³-hybridized carbons (Fsp3) is 1.00. The monoisotopic (exact) mass is 696 g/mol. The molecule has 8 nitrogen and oxygen atoms in total. The van der Waals surface area contributed by atoms with Crippen molar-refractivity contribution in [3.05, 3.63) is 0 Å². The first-order valence-electron chi connectivity index (χ1n) is 17.9. The Morgan fingerprint density at radius 1 is 0.364 bits per heavy atom. The van der Waals surface area contributed by atoms with Gasteiger partial charge in [-0.2, -0.15) is 0 Å². The van der Waals surface area contributed by atoms with Crippen LogP contribution in [-0.2, 0) is 35.4 Å². The third-order valence-electron chi connectivity index (χ3n) is 7.96. The Morgan fingerprint density at radius 3 is 0.682 bits per heavy atom. The fourth-order valence-electron chi connectivity index (χ4n) is 5.32. The minimum atomic E-state index is -2.79. The predicted octanol–water partition coefficient (Wildman–Crippen LogP) is 8.61. The largest absolute Gasteiger partial charge is 0.415 e. The molecule has 0 aromatic rings. The van der Waals surface area contributed by atoms with Crippen molar-refractivity contribution in [1.29, 1.82) is 0 Å². The van der Waals surface area contributed by atoms with Crippen LogP contribution in [0.1, 0.15) is 83.1 Å². The Kier molecular flexibility index (Phi) is 20.8. The van der Waals surface area contributed by atoms with Gasteiger partial charge in [-0.3, -0.25) is 0 Å². The van der Waals surface area contributed by atoms with Gasteiger partial charge < -0.3 is 35.4 Å². The van der Waals surface area contributed by atoms with Crippen molar-refractivity contribution in [2.45, 2.75) is 131 Å². The van der Waals surface area contributed by atoms with Crippen LogP contribution in [0.25, 0.3) is 0 Å². The van der Waals surface area contributed by atoms with Crippen molar-refractivity contribution in [1.82, 2.24) is 0 Å². The van der Waals surface area contributed by atoms with Gasteiger partial charge in [0.1, 0.15) is 0 Å². The van der Waals surface area contributed by atoms with E-state index in [2.05, 4.69) is 83.1 Å². The SMILES string of the molecule is CC[Si]1(CCOCC(C)C)O[Si](CC)(CCOCC(C)C)O[Si](CC)(CCOCC(C)C)O[Si](CC)(CCOCC(C)C)O1. The van der Waals surface area contributed by atoms with Crippen molar-refractivity contribution in [3.8, 4) is 0 Å². The Bertz CT molecular complexity index is 613. The highest BCUT2D eigenvalue weighted by Crippen LogP contribution is 2.42. The first-order valence-corrected chi connectivity index (χ1v) is 26.8. The van der Waals surface area contributed by atoms with E-state index < -0.39 is 34.2 Å². The van der Waals surface area contributed by atoms with Gasteiger partial charge in [0.2, 0.25) is 0 Å². The molecule has 0 aromatic carbocycles. The topological polar surface area (TPSA) is 73.8 Å². The second-order valence-electron chi connectivity index (χ2n) is 14.3. The number of ether oxygens (including phenoxy) is 4. The normalized spacial score (nSPS) is 28.4. The quantitative estimate of drug-likeness (QED) is 0.0734. The molecule has 0 aliphatic carbocycles. The summed E-state index contributed by atoms with van der Waals surface area (Å²) in [6.45, 7) is 31.9. The molecule has 1 rings (SSSR count). The third-order valence-corrected chi connectivity index (χ3v) is 28.0. The maximum absolute atomic E-state index is 7.56. The summed E-state index contributed by atoms with van der Waals surface area (Å²) < 4.78 is 54.9. The summed E-state index contributed by atoms with van der Waals surface area (Å²) in [5.41, 5.74) is 0. The van der Waals surface area contributed by atoms with Gasteiger partial charge in [0.15, 0.2) is 0 Å². The molecule has 1 aliphatic rings. The van der Waals surface area contributed by atoms with Crippen molar-refractivity contribution < 1.29 is 35.4 Å². The summed E-state index contributed by atoms with van der Waals surface area (Å²) in [7, 11) is -11.2. The Hall–Kier alpha value is 0.548. The third kappa shape index (κ3) is 15.6. The molecule has 0 amide bonds. The van der Waals surface area contributed by atoms with Crippen LogP contribution in [0.3, 0.4) is 0 Å². The number of hydrogen-bond acceptors (Lipinski definition) is 8. The highest BCUT2D eigenvalue weighted by atomic mass is 28.5. The van der Waals surface area contributed by atoms with Gasteiger partial charge in [-0.05, 0) is 47.8 Å². The van der Waals surface area contributed by atoms with Crippen LogP contribution < -0.4 is 0 Å². The van der Waals surface area contributed by atoms with Crippen molar-refractivity contribution in [2.24, 2.45) is 23.7 Å². The second kappa shape index (κ2) is 21.5. The molecule has 0 radical (unpaired) electrons. The highest BCUT2D eigenvalue weighted by Gasteiger charge is 2.60. The van der Waals surface area contributed by atoms with Gasteiger partial charge in [-0.25, -0.2) is 0 Å². The first kappa shape index (κ1) is 42.6. The first-order chi connectivity index (χ1) is 20.7. The van der Waals surface area contributed by atoms with Crippen LogP contribution in [0.15, 0.2) is 0 Å². The van der Waals surface area contributed by atoms with E-state index in [4.69, 9.17) is 35.4 Å². The van der Waals surface area contributed by atoms with Crippen LogP contribution in [0.2, 0.25) is 48.4 Å². The van der Waals surface area contributed by atoms with E-state index in [0.29, 0.717) is 50.1 Å². The molecule has 1 aliphatic heterocycles. The average Bonchev–Trinajstić information content (AvgIpc) is 2.96. The van der Waals surface area contributed by atoms with Gasteiger partial charge in [0.05, 0.1) is 0 Å². The lowest BCUT2D eigenvalue weighted by Crippen LogP contribution is -2.70. The van der Waals surface area contributed by atoms with Crippen LogP contribution in [0.4, 0.5) is 0 Å². The second-order valence-corrected chi connectivity index (χ2v) is 29.7. The lowest BCUT2D eigenvalue weighted by molar-refractivity contribution is 0.101. The van der Waals surface area contributed by atoms with E-state index in [0.717, 1.165) is 74.8 Å². The zero-order valence-corrected chi connectivity index (χ0v) is 34.9. The predicted molar refractivity (Wildman–Crippen MR) is 191 cm³/mol. The smallest absolute Gasteiger partial charge is 0.322 e. The van der Waals surface area contributed by atoms with E-state index >= 15 is 0 Å². The van der Waals surface area contributed by atoms with Gasteiger partial charge in [0.25, 0.3) is 0 Å². The van der Waals surface area contributed by atoms with Gasteiger partial charge in [-0.1, -0.05) is 83.1 Å². The van der Waals surface area contributed by atoms with Crippen molar-refractivity contribution in [3.63, 3.8) is 0 Å². The molecule has 1 fully saturated rings. The summed E-state index contributed by atoms with van der Waals surface area (Å²) in [5, 5.41) is 0. The van der Waals surface area contributed by atoms with Gasteiger partial charge in [-0.15, -0.1) is 0 Å².